The zero-order valence-electron chi connectivity index (χ0n) is 17.8. The molecule has 32 heavy (non-hydrogen) atoms. The quantitative estimate of drug-likeness (QED) is 0.493. The Balaban J connectivity index is 1.82. The van der Waals surface area contributed by atoms with Crippen molar-refractivity contribution in [1.29, 1.82) is 0 Å². The Morgan fingerprint density at radius 3 is 2.44 bits per heavy atom. The molecule has 0 radical (unpaired) electrons. The van der Waals surface area contributed by atoms with Crippen molar-refractivity contribution in [3.63, 3.8) is 0 Å². The molecule has 8 heteroatoms. The highest BCUT2D eigenvalue weighted by molar-refractivity contribution is 6.42. The van der Waals surface area contributed by atoms with Gasteiger partial charge in [0.1, 0.15) is 11.9 Å². The zero-order valence-corrected chi connectivity index (χ0v) is 20.1. The fourth-order valence-electron chi connectivity index (χ4n) is 3.94. The van der Waals surface area contributed by atoms with E-state index in [1.165, 1.54) is 29.5 Å². The van der Waals surface area contributed by atoms with Gasteiger partial charge in [0.25, 0.3) is 0 Å². The number of carbonyl (C=O) groups is 2. The summed E-state index contributed by atoms with van der Waals surface area (Å²) in [7, 11) is 0. The van der Waals surface area contributed by atoms with Crippen LogP contribution in [0, 0.1) is 5.82 Å². The van der Waals surface area contributed by atoms with Gasteiger partial charge in [-0.05, 0) is 49.6 Å². The van der Waals surface area contributed by atoms with Gasteiger partial charge in [-0.1, -0.05) is 66.2 Å². The molecular formula is C24H26Cl3FN2O2. The highest BCUT2D eigenvalue weighted by Gasteiger charge is 2.29. The van der Waals surface area contributed by atoms with Gasteiger partial charge in [-0.2, -0.15) is 0 Å². The van der Waals surface area contributed by atoms with Crippen LogP contribution < -0.4 is 5.32 Å². The van der Waals surface area contributed by atoms with Gasteiger partial charge in [0.15, 0.2) is 0 Å². The first-order valence-electron chi connectivity index (χ1n) is 10.7. The lowest BCUT2D eigenvalue weighted by Gasteiger charge is -2.31. The maximum Gasteiger partial charge on any atom is 0.242 e. The molecule has 1 N–H and O–H groups in total. The Morgan fingerprint density at radius 2 is 1.78 bits per heavy atom. The third-order valence-electron chi connectivity index (χ3n) is 5.85. The fraction of sp³-hybridized carbons (Fsp3) is 0.417. The molecule has 3 rings (SSSR count). The topological polar surface area (TPSA) is 49.4 Å². The Hall–Kier alpha value is -1.82. The molecule has 1 atom stereocenters. The van der Waals surface area contributed by atoms with Crippen LogP contribution in [-0.2, 0) is 22.6 Å². The van der Waals surface area contributed by atoms with Crippen LogP contribution in [0.2, 0.25) is 15.1 Å². The summed E-state index contributed by atoms with van der Waals surface area (Å²) in [5.41, 5.74) is 0.822. The average Bonchev–Trinajstić information content (AvgIpc) is 2.77. The van der Waals surface area contributed by atoms with Crippen molar-refractivity contribution in [1.82, 2.24) is 10.2 Å². The van der Waals surface area contributed by atoms with E-state index in [4.69, 9.17) is 34.8 Å². The summed E-state index contributed by atoms with van der Waals surface area (Å²) >= 11 is 18.3. The molecule has 0 aromatic heterocycles. The second-order valence-electron chi connectivity index (χ2n) is 8.17. The van der Waals surface area contributed by atoms with E-state index < -0.39 is 17.8 Å². The Bertz CT molecular complexity index is 959. The van der Waals surface area contributed by atoms with Crippen molar-refractivity contribution in [3.05, 3.63) is 68.4 Å². The minimum atomic E-state index is -0.760. The number of carbonyl (C=O) groups excluding carboxylic acids is 2. The van der Waals surface area contributed by atoms with Crippen LogP contribution in [0.1, 0.15) is 50.2 Å². The summed E-state index contributed by atoms with van der Waals surface area (Å²) in [6, 6.07) is 8.68. The second kappa shape index (κ2) is 11.4. The third-order valence-corrected chi connectivity index (χ3v) is 6.94. The first-order chi connectivity index (χ1) is 15.3. The number of rotatable bonds is 7. The summed E-state index contributed by atoms with van der Waals surface area (Å²) in [4.78, 5) is 27.7. The summed E-state index contributed by atoms with van der Waals surface area (Å²) in [5.74, 6) is -1.20. The SMILES string of the molecule is CC(C(=O)NC1CCCCC1)N(Cc1ccc(Cl)c(Cl)c1)C(=O)Cc1c(F)cccc1Cl. The smallest absolute Gasteiger partial charge is 0.242 e. The van der Waals surface area contributed by atoms with Gasteiger partial charge in [-0.15, -0.1) is 0 Å². The monoisotopic (exact) mass is 498 g/mol. The van der Waals surface area contributed by atoms with Crippen LogP contribution in [0.3, 0.4) is 0 Å². The Labute approximate surface area is 203 Å². The molecule has 1 saturated carbocycles. The molecule has 172 valence electrons. The predicted molar refractivity (Wildman–Crippen MR) is 127 cm³/mol. The van der Waals surface area contributed by atoms with E-state index in [1.807, 2.05) is 0 Å². The highest BCUT2D eigenvalue weighted by atomic mass is 35.5. The first-order valence-corrected chi connectivity index (χ1v) is 11.9. The van der Waals surface area contributed by atoms with E-state index >= 15 is 0 Å². The Morgan fingerprint density at radius 1 is 1.06 bits per heavy atom. The standard InChI is InChI=1S/C24H26Cl3FN2O2/c1-15(24(32)29-17-6-3-2-4-7-17)30(14-16-10-11-20(26)21(27)12-16)23(31)13-18-19(25)8-5-9-22(18)28/h5,8-12,15,17H,2-4,6-7,13-14H2,1H3,(H,29,32). The molecular weight excluding hydrogens is 474 g/mol. The molecule has 4 nitrogen and oxygen atoms in total. The van der Waals surface area contributed by atoms with E-state index in [0.717, 1.165) is 25.7 Å². The van der Waals surface area contributed by atoms with Crippen LogP contribution in [0.4, 0.5) is 4.39 Å². The van der Waals surface area contributed by atoms with Crippen LogP contribution >= 0.6 is 34.8 Å². The molecule has 1 unspecified atom stereocenters. The maximum absolute atomic E-state index is 14.3. The van der Waals surface area contributed by atoms with Crippen LogP contribution in [0.5, 0.6) is 0 Å². The predicted octanol–water partition coefficient (Wildman–Crippen LogP) is 6.19. The van der Waals surface area contributed by atoms with Crippen molar-refractivity contribution in [3.8, 4) is 0 Å². The number of halogens is 4. The van der Waals surface area contributed by atoms with Crippen molar-refractivity contribution >= 4 is 46.6 Å². The number of nitrogens with zero attached hydrogens (tertiary/aromatic N) is 1. The van der Waals surface area contributed by atoms with Gasteiger partial charge in [0.2, 0.25) is 11.8 Å². The largest absolute Gasteiger partial charge is 0.352 e. The zero-order chi connectivity index (χ0) is 23.3. The molecule has 0 saturated heterocycles. The lowest BCUT2D eigenvalue weighted by Crippen LogP contribution is -2.50. The molecule has 0 bridgehead atoms. The summed E-state index contributed by atoms with van der Waals surface area (Å²) in [5, 5.41) is 3.99. The first kappa shape index (κ1) is 24.8. The Kier molecular flexibility index (Phi) is 8.80. The molecule has 0 aliphatic heterocycles. The molecule has 1 aliphatic rings. The molecule has 2 aromatic carbocycles. The van der Waals surface area contributed by atoms with Crippen LogP contribution in [0.15, 0.2) is 36.4 Å². The van der Waals surface area contributed by atoms with Gasteiger partial charge in [0, 0.05) is 23.2 Å². The van der Waals surface area contributed by atoms with E-state index in [2.05, 4.69) is 5.32 Å². The van der Waals surface area contributed by atoms with E-state index in [0.29, 0.717) is 15.6 Å². The maximum atomic E-state index is 14.3. The number of amides is 2. The van der Waals surface area contributed by atoms with E-state index in [1.54, 1.807) is 25.1 Å². The van der Waals surface area contributed by atoms with Crippen molar-refractivity contribution in [2.24, 2.45) is 0 Å². The van der Waals surface area contributed by atoms with Gasteiger partial charge in [-0.25, -0.2) is 4.39 Å². The minimum Gasteiger partial charge on any atom is -0.352 e. The van der Waals surface area contributed by atoms with Gasteiger partial charge in [-0.3, -0.25) is 9.59 Å². The number of hydrogen-bond donors (Lipinski definition) is 1. The summed E-state index contributed by atoms with van der Waals surface area (Å²) < 4.78 is 14.3. The molecule has 1 aliphatic carbocycles. The number of nitrogens with one attached hydrogen (secondary N) is 1. The summed E-state index contributed by atoms with van der Waals surface area (Å²) in [6.07, 6.45) is 4.95. The molecule has 2 aromatic rings. The van der Waals surface area contributed by atoms with Gasteiger partial charge >= 0.3 is 0 Å². The van der Waals surface area contributed by atoms with E-state index in [-0.39, 0.29) is 35.5 Å². The van der Waals surface area contributed by atoms with Gasteiger partial charge < -0.3 is 10.2 Å². The van der Waals surface area contributed by atoms with Crippen molar-refractivity contribution in [2.75, 3.05) is 0 Å². The summed E-state index contributed by atoms with van der Waals surface area (Å²) in [6.45, 7) is 1.80. The number of hydrogen-bond acceptors (Lipinski definition) is 2. The molecule has 0 heterocycles. The highest BCUT2D eigenvalue weighted by Crippen LogP contribution is 2.25. The number of benzene rings is 2. The normalized spacial score (nSPS) is 15.3. The molecule has 0 spiro atoms. The lowest BCUT2D eigenvalue weighted by molar-refractivity contribution is -0.140. The average molecular weight is 500 g/mol. The fourth-order valence-corrected chi connectivity index (χ4v) is 4.49. The van der Waals surface area contributed by atoms with Crippen LogP contribution in [0.25, 0.3) is 0 Å². The minimum absolute atomic E-state index is 0.109. The second-order valence-corrected chi connectivity index (χ2v) is 9.39. The lowest BCUT2D eigenvalue weighted by atomic mass is 9.95. The molecule has 1 fully saturated rings. The van der Waals surface area contributed by atoms with Crippen molar-refractivity contribution < 1.29 is 14.0 Å². The third kappa shape index (κ3) is 6.37. The van der Waals surface area contributed by atoms with Gasteiger partial charge in [0.05, 0.1) is 16.5 Å². The van der Waals surface area contributed by atoms with E-state index in [9.17, 15) is 14.0 Å². The van der Waals surface area contributed by atoms with Crippen molar-refractivity contribution in [2.45, 2.75) is 64.1 Å². The van der Waals surface area contributed by atoms with Crippen LogP contribution in [-0.4, -0.2) is 28.8 Å². The molecule has 2 amide bonds.